The highest BCUT2D eigenvalue weighted by molar-refractivity contribution is 7.98. The maximum absolute atomic E-state index is 12.2. The van der Waals surface area contributed by atoms with Crippen molar-refractivity contribution in [3.8, 4) is 0 Å². The number of likely N-dealkylation sites (tertiary alicyclic amines) is 1. The minimum atomic E-state index is 0.0625. The molecule has 0 aliphatic carbocycles. The van der Waals surface area contributed by atoms with Crippen LogP contribution < -0.4 is 5.73 Å². The molecule has 0 spiro atoms. The van der Waals surface area contributed by atoms with Crippen LogP contribution in [-0.2, 0) is 4.79 Å². The second-order valence-corrected chi connectivity index (χ2v) is 6.42. The molecule has 1 aromatic carbocycles. The Labute approximate surface area is 125 Å². The van der Waals surface area contributed by atoms with E-state index >= 15 is 0 Å². The highest BCUT2D eigenvalue weighted by atomic mass is 32.2. The summed E-state index contributed by atoms with van der Waals surface area (Å²) in [5.74, 6) is 1.69. The number of thioether (sulfide) groups is 1. The van der Waals surface area contributed by atoms with Crippen LogP contribution in [0.4, 0.5) is 0 Å². The van der Waals surface area contributed by atoms with Crippen molar-refractivity contribution >= 4 is 17.7 Å². The minimum absolute atomic E-state index is 0.0625. The van der Waals surface area contributed by atoms with E-state index in [2.05, 4.69) is 18.4 Å². The maximum Gasteiger partial charge on any atom is 0.222 e. The van der Waals surface area contributed by atoms with Gasteiger partial charge >= 0.3 is 0 Å². The number of carbonyl (C=O) groups is 1. The first-order valence-corrected chi connectivity index (χ1v) is 8.69. The molecule has 1 fully saturated rings. The van der Waals surface area contributed by atoms with Crippen molar-refractivity contribution in [1.29, 1.82) is 0 Å². The molecule has 0 aromatic heterocycles. The average Bonchev–Trinajstić information content (AvgIpc) is 2.86. The van der Waals surface area contributed by atoms with E-state index in [0.717, 1.165) is 25.1 Å². The largest absolute Gasteiger partial charge is 0.340 e. The van der Waals surface area contributed by atoms with Gasteiger partial charge in [-0.25, -0.2) is 0 Å². The first kappa shape index (κ1) is 15.4. The summed E-state index contributed by atoms with van der Waals surface area (Å²) in [6.07, 6.45) is 4.87. The third kappa shape index (κ3) is 4.00. The molecule has 1 heterocycles. The number of amides is 1. The van der Waals surface area contributed by atoms with Crippen LogP contribution in [-0.4, -0.2) is 41.9 Å². The van der Waals surface area contributed by atoms with Gasteiger partial charge in [-0.2, -0.15) is 11.8 Å². The van der Waals surface area contributed by atoms with Crippen LogP contribution in [0.5, 0.6) is 0 Å². The lowest BCUT2D eigenvalue weighted by molar-refractivity contribution is -0.130. The smallest absolute Gasteiger partial charge is 0.222 e. The molecule has 1 aliphatic rings. The van der Waals surface area contributed by atoms with Gasteiger partial charge in [0, 0.05) is 31.5 Å². The molecule has 1 saturated heterocycles. The summed E-state index contributed by atoms with van der Waals surface area (Å²) in [4.78, 5) is 14.1. The van der Waals surface area contributed by atoms with E-state index in [-0.39, 0.29) is 17.9 Å². The molecule has 3 nitrogen and oxygen atoms in total. The van der Waals surface area contributed by atoms with Crippen molar-refractivity contribution in [3.63, 3.8) is 0 Å². The lowest BCUT2D eigenvalue weighted by Crippen LogP contribution is -2.32. The van der Waals surface area contributed by atoms with Gasteiger partial charge in [0.25, 0.3) is 0 Å². The predicted octanol–water partition coefficient (Wildman–Crippen LogP) is 2.47. The van der Waals surface area contributed by atoms with Gasteiger partial charge < -0.3 is 10.6 Å². The summed E-state index contributed by atoms with van der Waals surface area (Å²) >= 11 is 1.84. The van der Waals surface area contributed by atoms with Crippen molar-refractivity contribution in [2.24, 2.45) is 5.73 Å². The summed E-state index contributed by atoms with van der Waals surface area (Å²) in [5.41, 5.74) is 7.47. The summed E-state index contributed by atoms with van der Waals surface area (Å²) in [7, 11) is 0. The molecule has 1 aromatic rings. The van der Waals surface area contributed by atoms with Gasteiger partial charge in [0.2, 0.25) is 5.91 Å². The van der Waals surface area contributed by atoms with E-state index in [1.807, 2.05) is 34.9 Å². The number of benzene rings is 1. The van der Waals surface area contributed by atoms with E-state index < -0.39 is 0 Å². The molecule has 0 bridgehead atoms. The van der Waals surface area contributed by atoms with Gasteiger partial charge in [0.15, 0.2) is 0 Å². The number of nitrogens with two attached hydrogens (primary N) is 1. The second-order valence-electron chi connectivity index (χ2n) is 5.43. The second kappa shape index (κ2) is 7.70. The lowest BCUT2D eigenvalue weighted by atomic mass is 9.95. The normalized spacial score (nSPS) is 22.2. The molecule has 1 aliphatic heterocycles. The highest BCUT2D eigenvalue weighted by Gasteiger charge is 2.33. The average molecular weight is 292 g/mol. The van der Waals surface area contributed by atoms with Crippen LogP contribution in [0, 0.1) is 0 Å². The Balaban J connectivity index is 1.85. The van der Waals surface area contributed by atoms with Gasteiger partial charge in [-0.05, 0) is 30.4 Å². The Morgan fingerprint density at radius 1 is 1.30 bits per heavy atom. The van der Waals surface area contributed by atoms with Gasteiger partial charge in [0.1, 0.15) is 0 Å². The van der Waals surface area contributed by atoms with E-state index in [0.29, 0.717) is 13.0 Å². The van der Waals surface area contributed by atoms with Gasteiger partial charge in [-0.1, -0.05) is 30.3 Å². The molecule has 20 heavy (non-hydrogen) atoms. The molecule has 0 saturated carbocycles. The molecule has 2 rings (SSSR count). The number of hydrogen-bond donors (Lipinski definition) is 1. The molecular formula is C16H24N2OS. The lowest BCUT2D eigenvalue weighted by Gasteiger charge is -2.16. The van der Waals surface area contributed by atoms with Crippen LogP contribution in [0.2, 0.25) is 0 Å². The first-order chi connectivity index (χ1) is 9.72. The Morgan fingerprint density at radius 2 is 2.05 bits per heavy atom. The van der Waals surface area contributed by atoms with Crippen LogP contribution >= 0.6 is 11.8 Å². The summed E-state index contributed by atoms with van der Waals surface area (Å²) in [6.45, 7) is 1.47. The number of rotatable bonds is 6. The highest BCUT2D eigenvalue weighted by Crippen LogP contribution is 2.26. The van der Waals surface area contributed by atoms with E-state index in [1.165, 1.54) is 5.56 Å². The van der Waals surface area contributed by atoms with Crippen molar-refractivity contribution < 1.29 is 4.79 Å². The van der Waals surface area contributed by atoms with Crippen LogP contribution in [0.25, 0.3) is 0 Å². The Bertz CT molecular complexity index is 424. The molecule has 0 unspecified atom stereocenters. The number of carbonyl (C=O) groups excluding carboxylic acids is 1. The van der Waals surface area contributed by atoms with Crippen LogP contribution in [0.1, 0.15) is 30.7 Å². The van der Waals surface area contributed by atoms with Gasteiger partial charge in [0.05, 0.1) is 0 Å². The van der Waals surface area contributed by atoms with Crippen molar-refractivity contribution in [1.82, 2.24) is 4.90 Å². The number of hydrogen-bond acceptors (Lipinski definition) is 3. The SMILES string of the molecule is CSCCCCC(=O)N1C[C@@H](N)[C@H](c2ccccc2)C1. The fourth-order valence-corrected chi connectivity index (χ4v) is 3.26. The monoisotopic (exact) mass is 292 g/mol. The molecule has 2 N–H and O–H groups in total. The molecule has 2 atom stereocenters. The van der Waals surface area contributed by atoms with E-state index in [4.69, 9.17) is 5.73 Å². The summed E-state index contributed by atoms with van der Waals surface area (Å²) in [5, 5.41) is 0. The Hall–Kier alpha value is -1.00. The Morgan fingerprint density at radius 3 is 2.75 bits per heavy atom. The van der Waals surface area contributed by atoms with Crippen molar-refractivity contribution in [3.05, 3.63) is 35.9 Å². The van der Waals surface area contributed by atoms with Crippen molar-refractivity contribution in [2.45, 2.75) is 31.2 Å². The predicted molar refractivity (Wildman–Crippen MR) is 86.0 cm³/mol. The number of nitrogens with zero attached hydrogens (tertiary/aromatic N) is 1. The summed E-state index contributed by atoms with van der Waals surface area (Å²) in [6, 6.07) is 10.4. The minimum Gasteiger partial charge on any atom is -0.340 e. The van der Waals surface area contributed by atoms with E-state index in [9.17, 15) is 4.79 Å². The van der Waals surface area contributed by atoms with Crippen LogP contribution in [0.3, 0.4) is 0 Å². The fraction of sp³-hybridized carbons (Fsp3) is 0.562. The third-order valence-corrected chi connectivity index (χ3v) is 4.63. The number of unbranched alkanes of at least 4 members (excludes halogenated alkanes) is 1. The van der Waals surface area contributed by atoms with E-state index in [1.54, 1.807) is 0 Å². The standard InChI is InChI=1S/C16H24N2OS/c1-20-10-6-5-9-16(19)18-11-14(15(17)12-18)13-7-3-2-4-8-13/h2-4,7-8,14-15H,5-6,9-12,17H2,1H3/t14-,15+/m0/s1. The molecular weight excluding hydrogens is 268 g/mol. The van der Waals surface area contributed by atoms with Gasteiger partial charge in [-0.15, -0.1) is 0 Å². The molecule has 110 valence electrons. The van der Waals surface area contributed by atoms with Crippen LogP contribution in [0.15, 0.2) is 30.3 Å². The molecule has 4 heteroatoms. The Kier molecular flexibility index (Phi) is 5.92. The zero-order valence-electron chi connectivity index (χ0n) is 12.1. The van der Waals surface area contributed by atoms with Gasteiger partial charge in [-0.3, -0.25) is 4.79 Å². The fourth-order valence-electron chi connectivity index (χ4n) is 2.77. The zero-order valence-corrected chi connectivity index (χ0v) is 12.9. The topological polar surface area (TPSA) is 46.3 Å². The third-order valence-electron chi connectivity index (χ3n) is 3.93. The molecule has 1 amide bonds. The molecule has 0 radical (unpaired) electrons. The first-order valence-electron chi connectivity index (χ1n) is 7.29. The maximum atomic E-state index is 12.2. The quantitative estimate of drug-likeness (QED) is 0.819. The zero-order chi connectivity index (χ0) is 14.4. The van der Waals surface area contributed by atoms with Crippen molar-refractivity contribution in [2.75, 3.05) is 25.1 Å². The summed E-state index contributed by atoms with van der Waals surface area (Å²) < 4.78 is 0.